The fourth-order valence-electron chi connectivity index (χ4n) is 0.839. The number of hydrogen-bond acceptors (Lipinski definition) is 2. The van der Waals surface area contributed by atoms with E-state index in [2.05, 4.69) is 10.5 Å². The number of nitrogens with one attached hydrogen (secondary N) is 1. The molecule has 0 aliphatic heterocycles. The first-order valence-electron chi connectivity index (χ1n) is 4.58. The number of carbonyl (C=O) groups is 1. The number of hydrogen-bond donors (Lipinski definition) is 1. The second-order valence-electron chi connectivity index (χ2n) is 3.30. The summed E-state index contributed by atoms with van der Waals surface area (Å²) >= 11 is 0. The van der Waals surface area contributed by atoms with Crippen LogP contribution in [0.1, 0.15) is 19.4 Å². The largest absolute Gasteiger partial charge is 0.273 e. The van der Waals surface area contributed by atoms with Crippen molar-refractivity contribution in [3.63, 3.8) is 0 Å². The van der Waals surface area contributed by atoms with Gasteiger partial charge < -0.3 is 0 Å². The van der Waals surface area contributed by atoms with Gasteiger partial charge in [-0.2, -0.15) is 5.10 Å². The van der Waals surface area contributed by atoms with Gasteiger partial charge in [-0.3, -0.25) is 4.79 Å². The van der Waals surface area contributed by atoms with Crippen LogP contribution in [0.5, 0.6) is 0 Å². The molecule has 0 aromatic heterocycles. The van der Waals surface area contributed by atoms with Gasteiger partial charge in [-0.15, -0.1) is 0 Å². The zero-order valence-electron chi connectivity index (χ0n) is 8.40. The van der Waals surface area contributed by atoms with Crippen LogP contribution in [0, 0.1) is 5.92 Å². The lowest BCUT2D eigenvalue weighted by Gasteiger charge is -2.00. The molecule has 0 atom stereocenters. The Labute approximate surface area is 83.8 Å². The highest BCUT2D eigenvalue weighted by molar-refractivity contribution is 5.82. The van der Waals surface area contributed by atoms with Crippen molar-refractivity contribution in [3.8, 4) is 0 Å². The quantitative estimate of drug-likeness (QED) is 0.573. The molecule has 0 saturated heterocycles. The molecule has 1 amide bonds. The van der Waals surface area contributed by atoms with Gasteiger partial charge in [0, 0.05) is 5.92 Å². The van der Waals surface area contributed by atoms with Crippen molar-refractivity contribution < 1.29 is 4.79 Å². The van der Waals surface area contributed by atoms with Gasteiger partial charge in [0.05, 0.1) is 6.21 Å². The van der Waals surface area contributed by atoms with Gasteiger partial charge in [0.2, 0.25) is 5.91 Å². The predicted molar refractivity (Wildman–Crippen MR) is 57.0 cm³/mol. The van der Waals surface area contributed by atoms with E-state index in [0.29, 0.717) is 0 Å². The topological polar surface area (TPSA) is 41.5 Å². The molecule has 1 aromatic rings. The molecule has 3 nitrogen and oxygen atoms in total. The van der Waals surface area contributed by atoms with E-state index >= 15 is 0 Å². The van der Waals surface area contributed by atoms with Crippen LogP contribution in [0.3, 0.4) is 0 Å². The summed E-state index contributed by atoms with van der Waals surface area (Å²) in [6.07, 6.45) is 1.63. The second-order valence-corrected chi connectivity index (χ2v) is 3.30. The molecular formula is C11H14N2O. The third-order valence-electron chi connectivity index (χ3n) is 1.71. The fraction of sp³-hybridized carbons (Fsp3) is 0.273. The second kappa shape index (κ2) is 5.17. The van der Waals surface area contributed by atoms with Crippen LogP contribution in [0.4, 0.5) is 0 Å². The molecule has 3 heteroatoms. The molecule has 0 spiro atoms. The van der Waals surface area contributed by atoms with Gasteiger partial charge in [0.25, 0.3) is 0 Å². The molecule has 0 radical (unpaired) electrons. The predicted octanol–water partition coefficient (Wildman–Crippen LogP) is 1.79. The Bertz CT molecular complexity index is 317. The zero-order chi connectivity index (χ0) is 10.4. The maximum atomic E-state index is 11.1. The average molecular weight is 190 g/mol. The van der Waals surface area contributed by atoms with Crippen LogP contribution in [-0.2, 0) is 4.79 Å². The van der Waals surface area contributed by atoms with E-state index in [4.69, 9.17) is 0 Å². The summed E-state index contributed by atoms with van der Waals surface area (Å²) < 4.78 is 0. The number of carbonyl (C=O) groups excluding carboxylic acids is 1. The number of nitrogens with zero attached hydrogens (tertiary/aromatic N) is 1. The molecule has 1 aromatic carbocycles. The molecule has 0 aliphatic carbocycles. The SMILES string of the molecule is CC(C)C(=O)N/N=C/c1ccccc1. The molecule has 1 rings (SSSR count). The highest BCUT2D eigenvalue weighted by Gasteiger charge is 2.03. The smallest absolute Gasteiger partial charge is 0.242 e. The molecule has 0 aliphatic rings. The first-order valence-corrected chi connectivity index (χ1v) is 4.58. The van der Waals surface area contributed by atoms with E-state index in [1.807, 2.05) is 44.2 Å². The minimum absolute atomic E-state index is 0.0390. The van der Waals surface area contributed by atoms with Gasteiger partial charge >= 0.3 is 0 Å². The molecule has 0 heterocycles. The van der Waals surface area contributed by atoms with E-state index in [0.717, 1.165) is 5.56 Å². The molecule has 0 bridgehead atoms. The standard InChI is InChI=1S/C11H14N2O/c1-9(2)11(14)13-12-8-10-6-4-3-5-7-10/h3-9H,1-2H3,(H,13,14)/b12-8+. The monoisotopic (exact) mass is 190 g/mol. The summed E-state index contributed by atoms with van der Waals surface area (Å²) in [7, 11) is 0. The van der Waals surface area contributed by atoms with Crippen LogP contribution in [0.2, 0.25) is 0 Å². The van der Waals surface area contributed by atoms with Gasteiger partial charge in [-0.1, -0.05) is 44.2 Å². The Morgan fingerprint density at radius 3 is 2.57 bits per heavy atom. The maximum Gasteiger partial charge on any atom is 0.242 e. The minimum Gasteiger partial charge on any atom is -0.273 e. The highest BCUT2D eigenvalue weighted by atomic mass is 16.2. The Morgan fingerprint density at radius 1 is 1.36 bits per heavy atom. The number of rotatable bonds is 3. The summed E-state index contributed by atoms with van der Waals surface area (Å²) in [5.41, 5.74) is 3.43. The van der Waals surface area contributed by atoms with Crippen LogP contribution >= 0.6 is 0 Å². The van der Waals surface area contributed by atoms with Crippen molar-refractivity contribution >= 4 is 12.1 Å². The van der Waals surface area contributed by atoms with Crippen LogP contribution in [-0.4, -0.2) is 12.1 Å². The molecule has 74 valence electrons. The lowest BCUT2D eigenvalue weighted by molar-refractivity contribution is -0.123. The summed E-state index contributed by atoms with van der Waals surface area (Å²) in [4.78, 5) is 11.1. The lowest BCUT2D eigenvalue weighted by atomic mass is 10.2. The average Bonchev–Trinajstić information content (AvgIpc) is 2.19. The van der Waals surface area contributed by atoms with Crippen molar-refractivity contribution in [1.82, 2.24) is 5.43 Å². The van der Waals surface area contributed by atoms with Gasteiger partial charge in [0.15, 0.2) is 0 Å². The van der Waals surface area contributed by atoms with Crippen molar-refractivity contribution in [3.05, 3.63) is 35.9 Å². The maximum absolute atomic E-state index is 11.1. The molecule has 0 saturated carbocycles. The van der Waals surface area contributed by atoms with Crippen molar-refractivity contribution in [2.24, 2.45) is 11.0 Å². The summed E-state index contributed by atoms with van der Waals surface area (Å²) in [6, 6.07) is 9.62. The summed E-state index contributed by atoms with van der Waals surface area (Å²) in [5, 5.41) is 3.84. The third-order valence-corrected chi connectivity index (χ3v) is 1.71. The normalized spacial score (nSPS) is 10.8. The Kier molecular flexibility index (Phi) is 3.85. The van der Waals surface area contributed by atoms with Crippen molar-refractivity contribution in [2.45, 2.75) is 13.8 Å². The number of benzene rings is 1. The van der Waals surface area contributed by atoms with Crippen LogP contribution < -0.4 is 5.43 Å². The van der Waals surface area contributed by atoms with Crippen LogP contribution in [0.15, 0.2) is 35.4 Å². The highest BCUT2D eigenvalue weighted by Crippen LogP contribution is 1.94. The molecule has 0 fully saturated rings. The number of hydrazone groups is 1. The number of amides is 1. The Morgan fingerprint density at radius 2 is 2.00 bits per heavy atom. The lowest BCUT2D eigenvalue weighted by Crippen LogP contribution is -2.22. The summed E-state index contributed by atoms with van der Waals surface area (Å²) in [5.74, 6) is -0.111. The van der Waals surface area contributed by atoms with E-state index < -0.39 is 0 Å². The Hall–Kier alpha value is -1.64. The zero-order valence-corrected chi connectivity index (χ0v) is 8.40. The third kappa shape index (κ3) is 3.39. The molecule has 14 heavy (non-hydrogen) atoms. The van der Waals surface area contributed by atoms with E-state index in [-0.39, 0.29) is 11.8 Å². The first-order chi connectivity index (χ1) is 6.70. The molecule has 0 unspecified atom stereocenters. The van der Waals surface area contributed by atoms with Gasteiger partial charge in [0.1, 0.15) is 0 Å². The minimum atomic E-state index is -0.0721. The van der Waals surface area contributed by atoms with Crippen molar-refractivity contribution in [1.29, 1.82) is 0 Å². The van der Waals surface area contributed by atoms with E-state index in [9.17, 15) is 4.79 Å². The van der Waals surface area contributed by atoms with Crippen molar-refractivity contribution in [2.75, 3.05) is 0 Å². The van der Waals surface area contributed by atoms with Gasteiger partial charge in [-0.05, 0) is 5.56 Å². The van der Waals surface area contributed by atoms with Gasteiger partial charge in [-0.25, -0.2) is 5.43 Å². The van der Waals surface area contributed by atoms with Crippen LogP contribution in [0.25, 0.3) is 0 Å². The fourth-order valence-corrected chi connectivity index (χ4v) is 0.839. The molecular weight excluding hydrogens is 176 g/mol. The van der Waals surface area contributed by atoms with E-state index in [1.165, 1.54) is 0 Å². The Balaban J connectivity index is 2.46. The first kappa shape index (κ1) is 10.4. The summed E-state index contributed by atoms with van der Waals surface area (Å²) in [6.45, 7) is 3.65. The molecule has 1 N–H and O–H groups in total. The van der Waals surface area contributed by atoms with E-state index in [1.54, 1.807) is 6.21 Å².